The van der Waals surface area contributed by atoms with Crippen molar-refractivity contribution < 1.29 is 24.2 Å². The smallest absolute Gasteiger partial charge is 0.408 e. The molecule has 1 heterocycles. The van der Waals surface area contributed by atoms with Crippen molar-refractivity contribution in [2.24, 2.45) is 0 Å². The summed E-state index contributed by atoms with van der Waals surface area (Å²) in [7, 11) is 0. The molecule has 3 N–H and O–H groups in total. The molecule has 0 aliphatic carbocycles. The molecule has 0 aliphatic rings. The molecule has 0 saturated heterocycles. The number of aliphatic hydroxyl groups is 1. The number of esters is 1. The number of hydrogen-bond acceptors (Lipinski definition) is 5. The van der Waals surface area contributed by atoms with Crippen LogP contribution in [0.25, 0.3) is 10.9 Å². The molecule has 1 amide bonds. The van der Waals surface area contributed by atoms with E-state index in [4.69, 9.17) is 14.6 Å². The molecule has 2 aromatic carbocycles. The lowest BCUT2D eigenvalue weighted by atomic mass is 10.1. The third-order valence-corrected chi connectivity index (χ3v) is 4.22. The van der Waals surface area contributed by atoms with E-state index in [9.17, 15) is 9.59 Å². The van der Waals surface area contributed by atoms with Gasteiger partial charge in [-0.25, -0.2) is 9.59 Å². The van der Waals surface area contributed by atoms with Gasteiger partial charge in [0.25, 0.3) is 0 Å². The number of benzene rings is 2. The Morgan fingerprint density at radius 2 is 1.79 bits per heavy atom. The number of aromatic nitrogens is 1. The van der Waals surface area contributed by atoms with Crippen LogP contribution in [0.5, 0.6) is 0 Å². The molecular formula is C21H22N2O5. The molecule has 0 aliphatic heterocycles. The summed E-state index contributed by atoms with van der Waals surface area (Å²) in [5.74, 6) is -0.629. The van der Waals surface area contributed by atoms with Gasteiger partial charge in [0.15, 0.2) is 0 Å². The van der Waals surface area contributed by atoms with Gasteiger partial charge in [0.05, 0.1) is 6.61 Å². The van der Waals surface area contributed by atoms with E-state index >= 15 is 0 Å². The maximum atomic E-state index is 12.4. The van der Waals surface area contributed by atoms with Gasteiger partial charge in [-0.1, -0.05) is 48.5 Å². The number of H-pyrrole nitrogens is 1. The van der Waals surface area contributed by atoms with Crippen molar-refractivity contribution >= 4 is 23.0 Å². The van der Waals surface area contributed by atoms with Crippen LogP contribution < -0.4 is 5.32 Å². The van der Waals surface area contributed by atoms with E-state index < -0.39 is 18.1 Å². The zero-order valence-corrected chi connectivity index (χ0v) is 15.3. The van der Waals surface area contributed by atoms with Crippen LogP contribution in [0, 0.1) is 0 Å². The monoisotopic (exact) mass is 382 g/mol. The van der Waals surface area contributed by atoms with Gasteiger partial charge in [-0.15, -0.1) is 0 Å². The molecule has 7 heteroatoms. The first-order chi connectivity index (χ1) is 13.7. The number of carbonyl (C=O) groups excluding carboxylic acids is 2. The van der Waals surface area contributed by atoms with Crippen LogP contribution in [0.2, 0.25) is 0 Å². The van der Waals surface area contributed by atoms with E-state index in [0.717, 1.165) is 22.0 Å². The summed E-state index contributed by atoms with van der Waals surface area (Å²) in [6.07, 6.45) is 1.32. The fourth-order valence-corrected chi connectivity index (χ4v) is 2.87. The lowest BCUT2D eigenvalue weighted by Gasteiger charge is -2.17. The van der Waals surface area contributed by atoms with Crippen LogP contribution in [-0.2, 0) is 27.3 Å². The van der Waals surface area contributed by atoms with Crippen molar-refractivity contribution in [1.29, 1.82) is 0 Å². The minimum Gasteiger partial charge on any atom is -0.462 e. The van der Waals surface area contributed by atoms with E-state index in [2.05, 4.69) is 10.3 Å². The largest absolute Gasteiger partial charge is 0.462 e. The van der Waals surface area contributed by atoms with Gasteiger partial charge in [0, 0.05) is 23.5 Å². The number of aliphatic hydroxyl groups excluding tert-OH is 1. The van der Waals surface area contributed by atoms with Gasteiger partial charge in [-0.05, 0) is 17.2 Å². The van der Waals surface area contributed by atoms with Crippen LogP contribution in [0.4, 0.5) is 4.79 Å². The average molecular weight is 382 g/mol. The van der Waals surface area contributed by atoms with Gasteiger partial charge >= 0.3 is 12.1 Å². The Morgan fingerprint density at radius 1 is 1.04 bits per heavy atom. The molecule has 28 heavy (non-hydrogen) atoms. The Bertz CT molecular complexity index is 923. The van der Waals surface area contributed by atoms with Crippen molar-refractivity contribution in [3.05, 3.63) is 71.9 Å². The zero-order chi connectivity index (χ0) is 19.8. The van der Waals surface area contributed by atoms with Crippen LogP contribution >= 0.6 is 0 Å². The Labute approximate surface area is 162 Å². The number of rotatable bonds is 8. The molecular weight excluding hydrogens is 360 g/mol. The van der Waals surface area contributed by atoms with Crippen LogP contribution in [-0.4, -0.2) is 41.4 Å². The predicted octanol–water partition coefficient (Wildman–Crippen LogP) is 2.54. The van der Waals surface area contributed by atoms with Crippen LogP contribution in [0.1, 0.15) is 11.1 Å². The summed E-state index contributed by atoms with van der Waals surface area (Å²) in [5.41, 5.74) is 2.64. The lowest BCUT2D eigenvalue weighted by Crippen LogP contribution is -2.43. The fraction of sp³-hybridized carbons (Fsp3) is 0.238. The number of aromatic amines is 1. The fourth-order valence-electron chi connectivity index (χ4n) is 2.87. The van der Waals surface area contributed by atoms with Crippen molar-refractivity contribution in [2.45, 2.75) is 19.1 Å². The topological polar surface area (TPSA) is 101 Å². The number of fused-ring (bicyclic) bond motifs is 1. The number of ether oxygens (including phenoxy) is 2. The van der Waals surface area contributed by atoms with E-state index in [1.807, 2.05) is 54.6 Å². The summed E-state index contributed by atoms with van der Waals surface area (Å²) >= 11 is 0. The second kappa shape index (κ2) is 9.57. The maximum absolute atomic E-state index is 12.4. The first-order valence-electron chi connectivity index (χ1n) is 8.97. The first kappa shape index (κ1) is 19.4. The normalized spacial score (nSPS) is 11.8. The Balaban J connectivity index is 1.67. The zero-order valence-electron chi connectivity index (χ0n) is 15.3. The molecule has 7 nitrogen and oxygen atoms in total. The molecule has 1 atom stereocenters. The molecule has 3 aromatic rings. The highest BCUT2D eigenvalue weighted by Crippen LogP contribution is 2.19. The molecule has 0 bridgehead atoms. The van der Waals surface area contributed by atoms with Gasteiger partial charge in [-0.3, -0.25) is 0 Å². The Hall–Kier alpha value is -3.32. The number of para-hydroxylation sites is 1. The molecule has 3 rings (SSSR count). The van der Waals surface area contributed by atoms with E-state index in [1.54, 1.807) is 6.20 Å². The molecule has 0 fully saturated rings. The Morgan fingerprint density at radius 3 is 2.57 bits per heavy atom. The van der Waals surface area contributed by atoms with Crippen molar-refractivity contribution in [3.8, 4) is 0 Å². The molecule has 1 aromatic heterocycles. The van der Waals surface area contributed by atoms with Gasteiger partial charge in [-0.2, -0.15) is 0 Å². The standard InChI is InChI=1S/C21H22N2O5/c24-10-11-27-20(25)19(12-16-13-22-18-9-5-4-8-17(16)18)23-21(26)28-14-15-6-2-1-3-7-15/h1-9,13,19,22,24H,10-12,14H2,(H,23,26)/t19-/m0/s1. The summed E-state index contributed by atoms with van der Waals surface area (Å²) in [6, 6.07) is 16.0. The molecule has 146 valence electrons. The second-order valence-electron chi connectivity index (χ2n) is 6.21. The van der Waals surface area contributed by atoms with E-state index in [1.165, 1.54) is 0 Å². The highest BCUT2D eigenvalue weighted by molar-refractivity contribution is 5.86. The lowest BCUT2D eigenvalue weighted by molar-refractivity contribution is -0.147. The number of carbonyl (C=O) groups is 2. The summed E-state index contributed by atoms with van der Waals surface area (Å²) in [4.78, 5) is 27.7. The highest BCUT2D eigenvalue weighted by atomic mass is 16.6. The Kier molecular flexibility index (Phi) is 6.64. The average Bonchev–Trinajstić information content (AvgIpc) is 3.13. The third kappa shape index (κ3) is 5.11. The van der Waals surface area contributed by atoms with E-state index in [0.29, 0.717) is 0 Å². The summed E-state index contributed by atoms with van der Waals surface area (Å²) in [5, 5.41) is 12.4. The quantitative estimate of drug-likeness (QED) is 0.520. The van der Waals surface area contributed by atoms with Crippen LogP contribution in [0.15, 0.2) is 60.8 Å². The molecule has 0 unspecified atom stereocenters. The third-order valence-electron chi connectivity index (χ3n) is 4.22. The molecule has 0 spiro atoms. The molecule has 0 radical (unpaired) electrons. The minimum atomic E-state index is -0.936. The SMILES string of the molecule is O=C(N[C@@H](Cc1c[nH]c2ccccc12)C(=O)OCCO)OCc1ccccc1. The minimum absolute atomic E-state index is 0.0954. The van der Waals surface area contributed by atoms with Gasteiger partial charge in [0.2, 0.25) is 0 Å². The van der Waals surface area contributed by atoms with Crippen molar-refractivity contribution in [3.63, 3.8) is 0 Å². The highest BCUT2D eigenvalue weighted by Gasteiger charge is 2.24. The van der Waals surface area contributed by atoms with Crippen molar-refractivity contribution in [2.75, 3.05) is 13.2 Å². The number of alkyl carbamates (subject to hydrolysis) is 1. The summed E-state index contributed by atoms with van der Waals surface area (Å²) < 4.78 is 10.2. The number of amides is 1. The number of hydrogen-bond donors (Lipinski definition) is 3. The molecule has 0 saturated carbocycles. The maximum Gasteiger partial charge on any atom is 0.408 e. The first-order valence-corrected chi connectivity index (χ1v) is 8.97. The van der Waals surface area contributed by atoms with Gasteiger partial charge < -0.3 is 24.9 Å². The second-order valence-corrected chi connectivity index (χ2v) is 6.21. The van der Waals surface area contributed by atoms with Crippen molar-refractivity contribution in [1.82, 2.24) is 10.3 Å². The summed E-state index contributed by atoms with van der Waals surface area (Å²) in [6.45, 7) is -0.327. The van der Waals surface area contributed by atoms with Gasteiger partial charge in [0.1, 0.15) is 19.3 Å². The predicted molar refractivity (Wildman–Crippen MR) is 104 cm³/mol. The number of nitrogens with one attached hydrogen (secondary N) is 2. The van der Waals surface area contributed by atoms with Crippen LogP contribution in [0.3, 0.4) is 0 Å². The van der Waals surface area contributed by atoms with E-state index in [-0.39, 0.29) is 26.2 Å².